The van der Waals surface area contributed by atoms with Gasteiger partial charge < -0.3 is 10.4 Å². The van der Waals surface area contributed by atoms with E-state index in [-0.39, 0.29) is 19.0 Å². The molecule has 0 saturated heterocycles. The Labute approximate surface area is 93.5 Å². The predicted octanol–water partition coefficient (Wildman–Crippen LogP) is 0.608. The maximum absolute atomic E-state index is 11.3. The predicted molar refractivity (Wildman–Crippen MR) is 60.3 cm³/mol. The highest BCUT2D eigenvalue weighted by Gasteiger charge is 2.02. The standard InChI is InChI=1S/C11H14N2O3/c1-8-2-4-9(5-3-8)13-10(14)6-12-7-11(15)16/h2-5,12H,6-7H2,1H3,(H,13,14)(H,15,16). The number of aryl methyl sites for hydroxylation is 1. The van der Waals surface area contributed by atoms with Gasteiger partial charge in [-0.05, 0) is 19.1 Å². The molecule has 5 heteroatoms. The lowest BCUT2D eigenvalue weighted by molar-refractivity contribution is -0.135. The molecular formula is C11H14N2O3. The van der Waals surface area contributed by atoms with Gasteiger partial charge in [0.25, 0.3) is 0 Å². The second-order valence-corrected chi connectivity index (χ2v) is 3.41. The molecule has 0 aliphatic rings. The number of carbonyl (C=O) groups is 2. The molecule has 0 saturated carbocycles. The number of hydrogen-bond donors (Lipinski definition) is 3. The first-order valence-electron chi connectivity index (χ1n) is 4.87. The number of aliphatic carboxylic acids is 1. The van der Waals surface area contributed by atoms with Crippen molar-refractivity contribution in [3.05, 3.63) is 29.8 Å². The molecule has 0 spiro atoms. The van der Waals surface area contributed by atoms with E-state index in [2.05, 4.69) is 10.6 Å². The van der Waals surface area contributed by atoms with E-state index in [9.17, 15) is 9.59 Å². The largest absolute Gasteiger partial charge is 0.480 e. The highest BCUT2D eigenvalue weighted by Crippen LogP contribution is 2.07. The number of carbonyl (C=O) groups excluding carboxylic acids is 1. The van der Waals surface area contributed by atoms with Crippen LogP contribution in [0.2, 0.25) is 0 Å². The third-order valence-corrected chi connectivity index (χ3v) is 1.90. The van der Waals surface area contributed by atoms with Gasteiger partial charge in [-0.25, -0.2) is 0 Å². The lowest BCUT2D eigenvalue weighted by atomic mass is 10.2. The van der Waals surface area contributed by atoms with Crippen LogP contribution in [0.25, 0.3) is 0 Å². The SMILES string of the molecule is Cc1ccc(NC(=O)CNCC(=O)O)cc1. The van der Waals surface area contributed by atoms with E-state index in [1.165, 1.54) is 0 Å². The lowest BCUT2D eigenvalue weighted by Gasteiger charge is -2.05. The third-order valence-electron chi connectivity index (χ3n) is 1.90. The van der Waals surface area contributed by atoms with E-state index in [1.807, 2.05) is 19.1 Å². The van der Waals surface area contributed by atoms with Gasteiger partial charge in [0.1, 0.15) is 0 Å². The number of anilines is 1. The van der Waals surface area contributed by atoms with Crippen molar-refractivity contribution in [2.75, 3.05) is 18.4 Å². The van der Waals surface area contributed by atoms with Crippen molar-refractivity contribution in [1.29, 1.82) is 0 Å². The zero-order valence-corrected chi connectivity index (χ0v) is 8.99. The monoisotopic (exact) mass is 222 g/mol. The molecule has 0 radical (unpaired) electrons. The Morgan fingerprint density at radius 3 is 2.38 bits per heavy atom. The summed E-state index contributed by atoms with van der Waals surface area (Å²) >= 11 is 0. The minimum atomic E-state index is -0.983. The highest BCUT2D eigenvalue weighted by molar-refractivity contribution is 5.92. The molecule has 0 unspecified atom stereocenters. The fraction of sp³-hybridized carbons (Fsp3) is 0.273. The quantitative estimate of drug-likeness (QED) is 0.682. The van der Waals surface area contributed by atoms with Crippen LogP contribution >= 0.6 is 0 Å². The molecule has 5 nitrogen and oxygen atoms in total. The fourth-order valence-corrected chi connectivity index (χ4v) is 1.13. The smallest absolute Gasteiger partial charge is 0.317 e. The first-order valence-corrected chi connectivity index (χ1v) is 4.87. The number of carboxylic acids is 1. The Kier molecular flexibility index (Phi) is 4.47. The summed E-state index contributed by atoms with van der Waals surface area (Å²) in [5.74, 6) is -1.24. The summed E-state index contributed by atoms with van der Waals surface area (Å²) in [7, 11) is 0. The van der Waals surface area contributed by atoms with Crippen LogP contribution in [0.1, 0.15) is 5.56 Å². The maximum atomic E-state index is 11.3. The van der Waals surface area contributed by atoms with Gasteiger partial charge in [0.15, 0.2) is 0 Å². The Morgan fingerprint density at radius 1 is 1.19 bits per heavy atom. The summed E-state index contributed by atoms with van der Waals surface area (Å²) < 4.78 is 0. The average Bonchev–Trinajstić information content (AvgIpc) is 2.21. The summed E-state index contributed by atoms with van der Waals surface area (Å²) in [6.45, 7) is 1.72. The molecule has 0 fully saturated rings. The summed E-state index contributed by atoms with van der Waals surface area (Å²) in [6.07, 6.45) is 0. The van der Waals surface area contributed by atoms with E-state index in [4.69, 9.17) is 5.11 Å². The Morgan fingerprint density at radius 2 is 1.81 bits per heavy atom. The van der Waals surface area contributed by atoms with Crippen LogP contribution in [0.4, 0.5) is 5.69 Å². The number of hydrogen-bond acceptors (Lipinski definition) is 3. The molecular weight excluding hydrogens is 208 g/mol. The fourth-order valence-electron chi connectivity index (χ4n) is 1.13. The van der Waals surface area contributed by atoms with Crippen LogP contribution in [0.3, 0.4) is 0 Å². The summed E-state index contributed by atoms with van der Waals surface area (Å²) in [5, 5.41) is 13.5. The molecule has 0 aliphatic carbocycles. The minimum Gasteiger partial charge on any atom is -0.480 e. The topological polar surface area (TPSA) is 78.4 Å². The van der Waals surface area contributed by atoms with Crippen LogP contribution < -0.4 is 10.6 Å². The van der Waals surface area contributed by atoms with Crippen molar-refractivity contribution in [3.8, 4) is 0 Å². The van der Waals surface area contributed by atoms with E-state index < -0.39 is 5.97 Å². The van der Waals surface area contributed by atoms with Crippen LogP contribution in [-0.2, 0) is 9.59 Å². The molecule has 16 heavy (non-hydrogen) atoms. The first-order chi connectivity index (χ1) is 7.58. The van der Waals surface area contributed by atoms with Crippen LogP contribution in [0, 0.1) is 6.92 Å². The number of carboxylic acid groups (broad SMARTS) is 1. The molecule has 86 valence electrons. The molecule has 0 bridgehead atoms. The highest BCUT2D eigenvalue weighted by atomic mass is 16.4. The normalized spacial score (nSPS) is 9.81. The van der Waals surface area contributed by atoms with Crippen molar-refractivity contribution >= 4 is 17.6 Å². The summed E-state index contributed by atoms with van der Waals surface area (Å²) in [4.78, 5) is 21.5. The Bertz CT molecular complexity index is 373. The molecule has 1 amide bonds. The second-order valence-electron chi connectivity index (χ2n) is 3.41. The second kappa shape index (κ2) is 5.87. The van der Waals surface area contributed by atoms with Gasteiger partial charge in [0, 0.05) is 5.69 Å². The van der Waals surface area contributed by atoms with Crippen LogP contribution in [0.15, 0.2) is 24.3 Å². The van der Waals surface area contributed by atoms with Crippen molar-refractivity contribution < 1.29 is 14.7 Å². The van der Waals surface area contributed by atoms with E-state index in [1.54, 1.807) is 12.1 Å². The maximum Gasteiger partial charge on any atom is 0.317 e. The molecule has 0 aromatic heterocycles. The van der Waals surface area contributed by atoms with Crippen molar-refractivity contribution in [1.82, 2.24) is 5.32 Å². The minimum absolute atomic E-state index is 0.0137. The van der Waals surface area contributed by atoms with Gasteiger partial charge in [0.05, 0.1) is 13.1 Å². The molecule has 0 heterocycles. The van der Waals surface area contributed by atoms with Gasteiger partial charge in [-0.1, -0.05) is 17.7 Å². The average molecular weight is 222 g/mol. The molecule has 0 atom stereocenters. The van der Waals surface area contributed by atoms with Gasteiger partial charge >= 0.3 is 5.97 Å². The van der Waals surface area contributed by atoms with Crippen molar-refractivity contribution in [2.45, 2.75) is 6.92 Å². The molecule has 1 aromatic rings. The number of nitrogens with one attached hydrogen (secondary N) is 2. The van der Waals surface area contributed by atoms with Gasteiger partial charge in [-0.15, -0.1) is 0 Å². The molecule has 1 rings (SSSR count). The molecule has 1 aromatic carbocycles. The number of benzene rings is 1. The van der Waals surface area contributed by atoms with Crippen LogP contribution in [-0.4, -0.2) is 30.1 Å². The van der Waals surface area contributed by atoms with Crippen molar-refractivity contribution in [3.63, 3.8) is 0 Å². The first kappa shape index (κ1) is 12.2. The zero-order chi connectivity index (χ0) is 12.0. The van der Waals surface area contributed by atoms with Crippen molar-refractivity contribution in [2.24, 2.45) is 0 Å². The zero-order valence-electron chi connectivity index (χ0n) is 8.99. The third kappa shape index (κ3) is 4.56. The van der Waals surface area contributed by atoms with Gasteiger partial charge in [-0.2, -0.15) is 0 Å². The summed E-state index contributed by atoms with van der Waals surface area (Å²) in [5.41, 5.74) is 1.81. The van der Waals surface area contributed by atoms with Gasteiger partial charge in [-0.3, -0.25) is 14.9 Å². The number of rotatable bonds is 5. The van der Waals surface area contributed by atoms with E-state index >= 15 is 0 Å². The molecule has 0 aliphatic heterocycles. The van der Waals surface area contributed by atoms with E-state index in [0.29, 0.717) is 5.69 Å². The summed E-state index contributed by atoms with van der Waals surface area (Å²) in [6, 6.07) is 7.37. The van der Waals surface area contributed by atoms with E-state index in [0.717, 1.165) is 5.56 Å². The number of amides is 1. The van der Waals surface area contributed by atoms with Crippen LogP contribution in [0.5, 0.6) is 0 Å². The Balaban J connectivity index is 2.34. The van der Waals surface area contributed by atoms with Gasteiger partial charge in [0.2, 0.25) is 5.91 Å². The molecule has 3 N–H and O–H groups in total. The lowest BCUT2D eigenvalue weighted by Crippen LogP contribution is -2.31. The Hall–Kier alpha value is -1.88.